The van der Waals surface area contributed by atoms with Crippen LogP contribution < -0.4 is 0 Å². The zero-order chi connectivity index (χ0) is 27.8. The Morgan fingerprint density at radius 1 is 1.16 bits per heavy atom. The summed E-state index contributed by atoms with van der Waals surface area (Å²) in [5, 5.41) is 0. The first-order chi connectivity index (χ1) is 17.8. The number of esters is 2. The van der Waals surface area contributed by atoms with Crippen molar-refractivity contribution in [3.8, 4) is 0 Å². The van der Waals surface area contributed by atoms with E-state index in [1.54, 1.807) is 13.0 Å². The molecule has 4 aliphatic carbocycles. The molecule has 5 aliphatic rings. The van der Waals surface area contributed by atoms with Gasteiger partial charge in [-0.1, -0.05) is 52.3 Å². The highest BCUT2D eigenvalue weighted by Crippen LogP contribution is 2.73. The molecular weight excluding hydrogens is 480 g/mol. The summed E-state index contributed by atoms with van der Waals surface area (Å²) in [7, 11) is 0. The van der Waals surface area contributed by atoms with E-state index in [1.165, 1.54) is 5.57 Å². The van der Waals surface area contributed by atoms with Crippen molar-refractivity contribution < 1.29 is 28.7 Å². The van der Waals surface area contributed by atoms with E-state index < -0.39 is 34.2 Å². The number of ether oxygens (including phenoxy) is 2. The monoisotopic (exact) mass is 522 g/mol. The molecule has 0 bridgehead atoms. The Morgan fingerprint density at radius 2 is 1.87 bits per heavy atom. The first-order valence-electron chi connectivity index (χ1n) is 14.3. The number of carbonyl (C=O) groups is 4. The maximum atomic E-state index is 14.7. The molecule has 0 aromatic heterocycles. The lowest BCUT2D eigenvalue weighted by atomic mass is 9.37. The molecule has 6 nitrogen and oxygen atoms in total. The highest BCUT2D eigenvalue weighted by molar-refractivity contribution is 5.98. The van der Waals surface area contributed by atoms with Gasteiger partial charge in [-0.2, -0.15) is 0 Å². The molecule has 5 rings (SSSR count). The van der Waals surface area contributed by atoms with E-state index in [9.17, 15) is 19.2 Å². The van der Waals surface area contributed by atoms with Crippen LogP contribution in [0.5, 0.6) is 0 Å². The van der Waals surface area contributed by atoms with Crippen LogP contribution in [0.25, 0.3) is 0 Å². The van der Waals surface area contributed by atoms with E-state index in [4.69, 9.17) is 9.47 Å². The number of hydrogen-bond donors (Lipinski definition) is 0. The smallest absolute Gasteiger partial charge is 0.334 e. The van der Waals surface area contributed by atoms with Gasteiger partial charge in [0, 0.05) is 29.2 Å². The van der Waals surface area contributed by atoms with Gasteiger partial charge in [0.2, 0.25) is 0 Å². The Kier molecular flexibility index (Phi) is 6.43. The van der Waals surface area contributed by atoms with Gasteiger partial charge < -0.3 is 9.47 Å². The van der Waals surface area contributed by atoms with Gasteiger partial charge in [-0.25, -0.2) is 4.79 Å². The van der Waals surface area contributed by atoms with Crippen molar-refractivity contribution in [1.82, 2.24) is 0 Å². The van der Waals surface area contributed by atoms with Gasteiger partial charge >= 0.3 is 11.9 Å². The summed E-state index contributed by atoms with van der Waals surface area (Å²) in [5.74, 6) is -1.46. The van der Waals surface area contributed by atoms with Crippen LogP contribution in [-0.2, 0) is 28.7 Å². The van der Waals surface area contributed by atoms with Gasteiger partial charge in [0.15, 0.2) is 17.7 Å². The third-order valence-electron chi connectivity index (χ3n) is 11.2. The third-order valence-corrected chi connectivity index (χ3v) is 11.2. The minimum atomic E-state index is -0.970. The quantitative estimate of drug-likeness (QED) is 0.340. The Balaban J connectivity index is 1.62. The molecule has 1 heterocycles. The second-order valence-electron chi connectivity index (χ2n) is 13.2. The number of Topliss-reactive ketones (excluding diaryl/α,β-unsaturated/α-hetero) is 1. The average Bonchev–Trinajstić information content (AvgIpc) is 3.31. The first-order valence-corrected chi connectivity index (χ1v) is 14.3. The number of fused-ring (bicyclic) bond motifs is 7. The first kappa shape index (κ1) is 27.1. The molecule has 0 radical (unpaired) electrons. The van der Waals surface area contributed by atoms with Gasteiger partial charge in [-0.05, 0) is 80.3 Å². The van der Waals surface area contributed by atoms with Crippen LogP contribution in [0.1, 0.15) is 87.0 Å². The SMILES string of the molecule is CCC(=O)O[C@@H]1C(=O)[C@@]2(C)[C@@H](CC[C@H]3C4=C(CCC=C(C)C)C(=O)O[C@H]4C[C@@]32C)[C@@]2(C)C=CC(=O)[C@@H](C)[C@H]12. The number of ketones is 2. The zero-order valence-corrected chi connectivity index (χ0v) is 23.9. The minimum absolute atomic E-state index is 0.0126. The third kappa shape index (κ3) is 3.50. The van der Waals surface area contributed by atoms with E-state index in [0.717, 1.165) is 30.4 Å². The molecule has 206 valence electrons. The number of allylic oxidation sites excluding steroid dienone is 4. The highest BCUT2D eigenvalue weighted by Gasteiger charge is 2.74. The molecule has 0 aromatic carbocycles. The van der Waals surface area contributed by atoms with Crippen LogP contribution in [-0.4, -0.2) is 35.7 Å². The van der Waals surface area contributed by atoms with Gasteiger partial charge in [-0.15, -0.1) is 0 Å². The van der Waals surface area contributed by atoms with E-state index in [1.807, 2.05) is 13.0 Å². The average molecular weight is 523 g/mol. The Bertz CT molecular complexity index is 1190. The maximum Gasteiger partial charge on any atom is 0.334 e. The van der Waals surface area contributed by atoms with Crippen LogP contribution in [0.3, 0.4) is 0 Å². The summed E-state index contributed by atoms with van der Waals surface area (Å²) in [6, 6.07) is 0. The normalized spacial score (nSPS) is 43.2. The van der Waals surface area contributed by atoms with Gasteiger partial charge in [0.1, 0.15) is 6.10 Å². The lowest BCUT2D eigenvalue weighted by Crippen LogP contribution is -2.69. The second kappa shape index (κ2) is 9.02. The van der Waals surface area contributed by atoms with Gasteiger partial charge in [0.25, 0.3) is 0 Å². The molecule has 0 saturated heterocycles. The van der Waals surface area contributed by atoms with Crippen LogP contribution >= 0.6 is 0 Å². The standard InChI is InChI=1S/C32H42O6/c1-8-24(34)38-27-26-18(4)21(33)14-15-30(26,5)23-13-12-20-25-19(11-9-10-17(2)3)29(36)37-22(25)16-31(20,6)32(23,7)28(27)35/h10,14-15,18,20,22-23,26-27H,8-9,11-13,16H2,1-7H3/t18-,20+,22+,23+,26-,27+,30-,31+,32-/m1/s1. The number of rotatable bonds is 5. The molecule has 3 fully saturated rings. The van der Waals surface area contributed by atoms with Crippen molar-refractivity contribution in [2.24, 2.45) is 39.9 Å². The lowest BCUT2D eigenvalue weighted by Gasteiger charge is -2.66. The summed E-state index contributed by atoms with van der Waals surface area (Å²) in [5.41, 5.74) is 1.38. The van der Waals surface area contributed by atoms with Crippen LogP contribution in [0, 0.1) is 39.9 Å². The predicted octanol–water partition coefficient (Wildman–Crippen LogP) is 5.70. The molecule has 3 saturated carbocycles. The molecule has 0 unspecified atom stereocenters. The van der Waals surface area contributed by atoms with Gasteiger partial charge in [-0.3, -0.25) is 14.4 Å². The molecule has 38 heavy (non-hydrogen) atoms. The fourth-order valence-electron chi connectivity index (χ4n) is 9.23. The number of hydrogen-bond acceptors (Lipinski definition) is 6. The fourth-order valence-corrected chi connectivity index (χ4v) is 9.23. The van der Waals surface area contributed by atoms with Crippen LogP contribution in [0.15, 0.2) is 34.9 Å². The highest BCUT2D eigenvalue weighted by atomic mass is 16.6. The molecule has 0 amide bonds. The van der Waals surface area contributed by atoms with Crippen molar-refractivity contribution in [3.63, 3.8) is 0 Å². The summed E-state index contributed by atoms with van der Waals surface area (Å²) in [6.07, 6.45) is 8.45. The minimum Gasteiger partial charge on any atom is -0.454 e. The lowest BCUT2D eigenvalue weighted by molar-refractivity contribution is -0.208. The largest absolute Gasteiger partial charge is 0.454 e. The van der Waals surface area contributed by atoms with E-state index in [-0.39, 0.29) is 47.8 Å². The number of carbonyl (C=O) groups excluding carboxylic acids is 4. The zero-order valence-electron chi connectivity index (χ0n) is 23.9. The molecule has 9 atom stereocenters. The van der Waals surface area contributed by atoms with Crippen LogP contribution in [0.2, 0.25) is 0 Å². The van der Waals surface area contributed by atoms with Gasteiger partial charge in [0.05, 0.1) is 0 Å². The van der Waals surface area contributed by atoms with Crippen molar-refractivity contribution in [1.29, 1.82) is 0 Å². The van der Waals surface area contributed by atoms with E-state index in [2.05, 4.69) is 40.7 Å². The van der Waals surface area contributed by atoms with E-state index >= 15 is 0 Å². The molecular formula is C32H42O6. The summed E-state index contributed by atoms with van der Waals surface area (Å²) >= 11 is 0. The van der Waals surface area contributed by atoms with Crippen molar-refractivity contribution in [2.75, 3.05) is 0 Å². The predicted molar refractivity (Wildman–Crippen MR) is 143 cm³/mol. The molecule has 0 spiro atoms. The Labute approximate surface area is 226 Å². The molecule has 0 N–H and O–H groups in total. The Morgan fingerprint density at radius 3 is 2.53 bits per heavy atom. The summed E-state index contributed by atoms with van der Waals surface area (Å²) in [4.78, 5) is 53.0. The van der Waals surface area contributed by atoms with E-state index in [0.29, 0.717) is 12.8 Å². The second-order valence-corrected chi connectivity index (χ2v) is 13.2. The molecule has 6 heteroatoms. The van der Waals surface area contributed by atoms with Crippen molar-refractivity contribution >= 4 is 23.5 Å². The summed E-state index contributed by atoms with van der Waals surface area (Å²) in [6.45, 7) is 14.1. The summed E-state index contributed by atoms with van der Waals surface area (Å²) < 4.78 is 11.9. The molecule has 0 aromatic rings. The van der Waals surface area contributed by atoms with Crippen molar-refractivity contribution in [2.45, 2.75) is 99.2 Å². The molecule has 1 aliphatic heterocycles. The fraction of sp³-hybridized carbons (Fsp3) is 0.688. The maximum absolute atomic E-state index is 14.7. The van der Waals surface area contributed by atoms with Crippen LogP contribution in [0.4, 0.5) is 0 Å². The Hall–Kier alpha value is -2.50. The van der Waals surface area contributed by atoms with Crippen molar-refractivity contribution in [3.05, 3.63) is 34.9 Å². The topological polar surface area (TPSA) is 86.7 Å².